The van der Waals surface area contributed by atoms with Gasteiger partial charge in [-0.25, -0.2) is 23.3 Å². The summed E-state index contributed by atoms with van der Waals surface area (Å²) in [6.45, 7) is 3.68. The lowest BCUT2D eigenvalue weighted by atomic mass is 10.1. The molecule has 1 aliphatic heterocycles. The van der Waals surface area contributed by atoms with Crippen molar-refractivity contribution in [2.24, 2.45) is 0 Å². The maximum absolute atomic E-state index is 14.7. The number of nitrogens with one attached hydrogen (secondary N) is 2. The molecule has 0 saturated carbocycles. The number of aryl methyl sites for hydroxylation is 1. The minimum atomic E-state index is -0.884. The zero-order chi connectivity index (χ0) is 29.8. The third-order valence-corrected chi connectivity index (χ3v) is 6.39. The first-order valence-electron chi connectivity index (χ1n) is 13.5. The second-order valence-corrected chi connectivity index (χ2v) is 9.46. The molecule has 3 aromatic heterocycles. The molecule has 5 rings (SSSR count). The number of rotatable bonds is 8. The second-order valence-electron chi connectivity index (χ2n) is 9.46. The van der Waals surface area contributed by atoms with E-state index in [1.165, 1.54) is 17.5 Å². The van der Waals surface area contributed by atoms with Crippen LogP contribution in [0, 0.1) is 18.6 Å². The van der Waals surface area contributed by atoms with Gasteiger partial charge in [-0.15, -0.1) is 0 Å². The van der Waals surface area contributed by atoms with Crippen molar-refractivity contribution in [3.05, 3.63) is 65.0 Å². The Morgan fingerprint density at radius 1 is 1.24 bits per heavy atom. The van der Waals surface area contributed by atoms with Gasteiger partial charge in [0, 0.05) is 37.3 Å². The Hall–Kier alpha value is -4.65. The van der Waals surface area contributed by atoms with Gasteiger partial charge < -0.3 is 24.8 Å². The summed E-state index contributed by atoms with van der Waals surface area (Å²) >= 11 is 0. The van der Waals surface area contributed by atoms with Crippen LogP contribution in [0.5, 0.6) is 11.6 Å². The van der Waals surface area contributed by atoms with E-state index in [0.29, 0.717) is 41.4 Å². The Bertz CT molecular complexity index is 1640. The molecule has 0 radical (unpaired) electrons. The fraction of sp³-hybridized carbons (Fsp3) is 0.321. The van der Waals surface area contributed by atoms with Gasteiger partial charge in [0.15, 0.2) is 23.0 Å². The number of methoxy groups -OCH3 is 1. The summed E-state index contributed by atoms with van der Waals surface area (Å²) in [5.74, 6) is -2.54. The molecule has 2 amide bonds. The SMILES string of the molecule is [2H]COc1nc(C)c(-c2ccc3nc(NC(C)=O)cn3n2)cc1C(=O)NCc1cc(F)cc(F)c1OC1CCCOC1. The molecule has 1 saturated heterocycles. The molecule has 13 heteroatoms. The number of benzene rings is 1. The van der Waals surface area contributed by atoms with Crippen molar-refractivity contribution in [3.63, 3.8) is 0 Å². The molecule has 41 heavy (non-hydrogen) atoms. The van der Waals surface area contributed by atoms with Crippen molar-refractivity contribution in [1.29, 1.82) is 0 Å². The monoisotopic (exact) mass is 567 g/mol. The molecule has 1 fully saturated rings. The Labute approximate surface area is 235 Å². The van der Waals surface area contributed by atoms with Crippen LogP contribution in [0.1, 0.15) is 42.8 Å². The molecular weight excluding hydrogens is 538 g/mol. The molecule has 1 aliphatic rings. The molecule has 2 N–H and O–H groups in total. The van der Waals surface area contributed by atoms with Gasteiger partial charge in [0.25, 0.3) is 5.91 Å². The number of ether oxygens (including phenoxy) is 3. The number of halogens is 2. The van der Waals surface area contributed by atoms with Crippen LogP contribution in [-0.2, 0) is 16.1 Å². The highest BCUT2D eigenvalue weighted by atomic mass is 19.1. The van der Waals surface area contributed by atoms with Crippen molar-refractivity contribution in [2.75, 3.05) is 25.6 Å². The Kier molecular flexibility index (Phi) is 7.67. The summed E-state index contributed by atoms with van der Waals surface area (Å²) in [6, 6.07) is 6.72. The van der Waals surface area contributed by atoms with Crippen LogP contribution in [0.4, 0.5) is 14.6 Å². The number of anilines is 1. The zero-order valence-electron chi connectivity index (χ0n) is 23.4. The van der Waals surface area contributed by atoms with Crippen LogP contribution in [0.2, 0.25) is 0 Å². The second kappa shape index (κ2) is 11.8. The first kappa shape index (κ1) is 26.6. The van der Waals surface area contributed by atoms with Gasteiger partial charge in [0.05, 0.1) is 32.6 Å². The van der Waals surface area contributed by atoms with E-state index >= 15 is 0 Å². The lowest BCUT2D eigenvalue weighted by Crippen LogP contribution is -2.29. The van der Waals surface area contributed by atoms with Crippen LogP contribution < -0.4 is 20.1 Å². The summed E-state index contributed by atoms with van der Waals surface area (Å²) in [5, 5.41) is 9.79. The number of carbonyl (C=O) groups excluding carboxylic acids is 2. The van der Waals surface area contributed by atoms with E-state index in [9.17, 15) is 18.4 Å². The minimum absolute atomic E-state index is 0.00524. The van der Waals surface area contributed by atoms with Gasteiger partial charge in [0.2, 0.25) is 11.8 Å². The van der Waals surface area contributed by atoms with Crippen molar-refractivity contribution in [2.45, 2.75) is 39.3 Å². The number of hydrogen-bond acceptors (Lipinski definition) is 8. The van der Waals surface area contributed by atoms with E-state index in [1.54, 1.807) is 25.3 Å². The van der Waals surface area contributed by atoms with Crippen LogP contribution >= 0.6 is 0 Å². The number of nitrogens with zero attached hydrogens (tertiary/aromatic N) is 4. The first-order chi connectivity index (χ1) is 20.2. The topological polar surface area (TPSA) is 129 Å². The van der Waals surface area contributed by atoms with Crippen LogP contribution in [0.3, 0.4) is 0 Å². The van der Waals surface area contributed by atoms with Gasteiger partial charge in [-0.05, 0) is 44.0 Å². The van der Waals surface area contributed by atoms with Crippen molar-refractivity contribution in [3.8, 4) is 22.9 Å². The van der Waals surface area contributed by atoms with E-state index in [2.05, 4.69) is 25.7 Å². The Morgan fingerprint density at radius 3 is 2.85 bits per heavy atom. The third-order valence-electron chi connectivity index (χ3n) is 6.39. The molecular formula is C28H28F2N6O5. The fourth-order valence-corrected chi connectivity index (χ4v) is 4.50. The number of imidazole rings is 1. The largest absolute Gasteiger partial charge is 0.485 e. The maximum Gasteiger partial charge on any atom is 0.257 e. The highest BCUT2D eigenvalue weighted by molar-refractivity contribution is 5.97. The Balaban J connectivity index is 1.42. The summed E-state index contributed by atoms with van der Waals surface area (Å²) in [5.41, 5.74) is 2.00. The van der Waals surface area contributed by atoms with Gasteiger partial charge in [0.1, 0.15) is 17.5 Å². The predicted octanol–water partition coefficient (Wildman–Crippen LogP) is 3.83. The minimum Gasteiger partial charge on any atom is -0.485 e. The number of amides is 2. The Morgan fingerprint density at radius 2 is 2.10 bits per heavy atom. The normalized spacial score (nSPS) is 15.3. The van der Waals surface area contributed by atoms with Crippen molar-refractivity contribution >= 4 is 23.3 Å². The zero-order valence-corrected chi connectivity index (χ0v) is 22.4. The molecule has 0 aliphatic carbocycles. The summed E-state index contributed by atoms with van der Waals surface area (Å²) in [7, 11) is -0.492. The highest BCUT2D eigenvalue weighted by Crippen LogP contribution is 2.29. The highest BCUT2D eigenvalue weighted by Gasteiger charge is 2.23. The first-order valence-corrected chi connectivity index (χ1v) is 12.8. The quantitative estimate of drug-likeness (QED) is 0.329. The van der Waals surface area contributed by atoms with Crippen molar-refractivity contribution < 1.29 is 34.0 Å². The van der Waals surface area contributed by atoms with Gasteiger partial charge in [-0.3, -0.25) is 9.59 Å². The van der Waals surface area contributed by atoms with E-state index < -0.39 is 30.7 Å². The number of aromatic nitrogens is 4. The number of pyridine rings is 1. The fourth-order valence-electron chi connectivity index (χ4n) is 4.50. The van der Waals surface area contributed by atoms with Crippen LogP contribution in [-0.4, -0.2) is 57.8 Å². The molecule has 1 unspecified atom stereocenters. The van der Waals surface area contributed by atoms with Gasteiger partial charge >= 0.3 is 0 Å². The predicted molar refractivity (Wildman–Crippen MR) is 144 cm³/mol. The average Bonchev–Trinajstić information content (AvgIpc) is 3.35. The van der Waals surface area contributed by atoms with E-state index in [1.807, 2.05) is 0 Å². The van der Waals surface area contributed by atoms with E-state index in [-0.39, 0.29) is 41.8 Å². The van der Waals surface area contributed by atoms with E-state index in [0.717, 1.165) is 18.6 Å². The number of carbonyl (C=O) groups is 2. The molecule has 4 aromatic rings. The molecule has 214 valence electrons. The van der Waals surface area contributed by atoms with E-state index in [4.69, 9.17) is 15.6 Å². The molecule has 1 atom stereocenters. The lowest BCUT2D eigenvalue weighted by Gasteiger charge is -2.25. The molecule has 0 bridgehead atoms. The third kappa shape index (κ3) is 6.24. The molecule has 1 aromatic carbocycles. The number of hydrogen-bond donors (Lipinski definition) is 2. The summed E-state index contributed by atoms with van der Waals surface area (Å²) < 4.78 is 54.3. The van der Waals surface area contributed by atoms with Crippen LogP contribution in [0.15, 0.2) is 36.5 Å². The lowest BCUT2D eigenvalue weighted by molar-refractivity contribution is -0.114. The maximum atomic E-state index is 14.7. The standard InChI is InChI=1S/C28H28F2N6O5/c1-15-20(23-6-7-25-34-24(33-16(2)37)13-36(25)35-23)11-21(28(32-15)39-3)27(38)31-12-17-9-18(29)10-22(30)26(17)41-19-5-4-8-40-14-19/h6-7,9-11,13,19H,4-5,8,12,14H2,1-3H3,(H,31,38)(H,33,37)/i3D. The summed E-state index contributed by atoms with van der Waals surface area (Å²) in [6.07, 6.45) is 2.55. The molecule has 4 heterocycles. The smallest absolute Gasteiger partial charge is 0.257 e. The van der Waals surface area contributed by atoms with Crippen LogP contribution in [0.25, 0.3) is 16.9 Å². The van der Waals surface area contributed by atoms with Gasteiger partial charge in [-0.1, -0.05) is 0 Å². The number of fused-ring (bicyclic) bond motifs is 1. The molecule has 0 spiro atoms. The molecule has 11 nitrogen and oxygen atoms in total. The average molecular weight is 568 g/mol. The van der Waals surface area contributed by atoms with Gasteiger partial charge in [-0.2, -0.15) is 5.10 Å². The van der Waals surface area contributed by atoms with Crippen molar-refractivity contribution in [1.82, 2.24) is 24.9 Å². The summed E-state index contributed by atoms with van der Waals surface area (Å²) in [4.78, 5) is 33.4.